The third-order valence-corrected chi connectivity index (χ3v) is 5.18. The van der Waals surface area contributed by atoms with Crippen LogP contribution in [0.3, 0.4) is 0 Å². The Kier molecular flexibility index (Phi) is 5.64. The van der Waals surface area contributed by atoms with Crippen LogP contribution in [0.2, 0.25) is 0 Å². The van der Waals surface area contributed by atoms with E-state index in [9.17, 15) is 4.79 Å². The van der Waals surface area contributed by atoms with Gasteiger partial charge >= 0.3 is 0 Å². The smallest absolute Gasteiger partial charge is 0.272 e. The molecule has 1 aliphatic heterocycles. The normalized spacial score (nSPS) is 17.7. The van der Waals surface area contributed by atoms with Crippen LogP contribution in [0.4, 0.5) is 5.13 Å². The predicted octanol–water partition coefficient (Wildman–Crippen LogP) is 1.17. The molecular weight excluding hydrogens is 340 g/mol. The minimum Gasteiger partial charge on any atom is -0.384 e. The zero-order chi connectivity index (χ0) is 17.8. The highest BCUT2D eigenvalue weighted by molar-refractivity contribution is 7.09. The fourth-order valence-electron chi connectivity index (χ4n) is 2.87. The highest BCUT2D eigenvalue weighted by Gasteiger charge is 2.25. The van der Waals surface area contributed by atoms with Gasteiger partial charge in [-0.1, -0.05) is 0 Å². The number of hydrogen-bond acceptors (Lipinski definition) is 7. The van der Waals surface area contributed by atoms with Crippen molar-refractivity contribution in [3.63, 3.8) is 0 Å². The summed E-state index contributed by atoms with van der Waals surface area (Å²) in [7, 11) is 3.51. The molecule has 1 N–H and O–H groups in total. The van der Waals surface area contributed by atoms with Crippen molar-refractivity contribution in [3.8, 4) is 0 Å². The molecule has 1 amide bonds. The fraction of sp³-hybridized carbons (Fsp3) is 0.625. The van der Waals surface area contributed by atoms with Gasteiger partial charge in [-0.2, -0.15) is 9.47 Å². The minimum atomic E-state index is -0.117. The lowest BCUT2D eigenvalue weighted by Gasteiger charge is -2.32. The van der Waals surface area contributed by atoms with Crippen LogP contribution < -0.4 is 10.2 Å². The Morgan fingerprint density at radius 1 is 1.52 bits per heavy atom. The summed E-state index contributed by atoms with van der Waals surface area (Å²) in [6.45, 7) is 4.24. The topological polar surface area (TPSA) is 85.2 Å². The van der Waals surface area contributed by atoms with Crippen LogP contribution in [-0.2, 0) is 18.2 Å². The predicted molar refractivity (Wildman–Crippen MR) is 96.1 cm³/mol. The quantitative estimate of drug-likeness (QED) is 0.828. The summed E-state index contributed by atoms with van der Waals surface area (Å²) < 4.78 is 11.2. The molecule has 9 heteroatoms. The molecule has 2 aromatic heterocycles. The van der Waals surface area contributed by atoms with Crippen molar-refractivity contribution in [2.75, 3.05) is 31.7 Å². The summed E-state index contributed by atoms with van der Waals surface area (Å²) in [5.74, 6) is 0.700. The molecule has 0 radical (unpaired) electrons. The summed E-state index contributed by atoms with van der Waals surface area (Å²) in [6.07, 6.45) is 2.70. The molecule has 0 saturated carbocycles. The maximum Gasteiger partial charge on any atom is 0.272 e. The van der Waals surface area contributed by atoms with E-state index < -0.39 is 0 Å². The van der Waals surface area contributed by atoms with Crippen molar-refractivity contribution in [1.82, 2.24) is 24.5 Å². The Hall–Kier alpha value is -2.00. The molecule has 0 bridgehead atoms. The van der Waals surface area contributed by atoms with Gasteiger partial charge < -0.3 is 15.0 Å². The minimum absolute atomic E-state index is 0.0925. The average molecular weight is 364 g/mol. The zero-order valence-electron chi connectivity index (χ0n) is 14.9. The molecule has 0 aromatic carbocycles. The van der Waals surface area contributed by atoms with Crippen LogP contribution in [0.25, 0.3) is 0 Å². The lowest BCUT2D eigenvalue weighted by atomic mass is 10.1. The van der Waals surface area contributed by atoms with E-state index in [1.54, 1.807) is 11.8 Å². The Morgan fingerprint density at radius 2 is 2.36 bits per heavy atom. The number of nitrogens with zero attached hydrogens (tertiary/aromatic N) is 5. The number of piperidine rings is 1. The van der Waals surface area contributed by atoms with E-state index in [0.29, 0.717) is 12.3 Å². The van der Waals surface area contributed by atoms with Gasteiger partial charge in [0.2, 0.25) is 5.13 Å². The van der Waals surface area contributed by atoms with Gasteiger partial charge in [0.25, 0.3) is 5.91 Å². The molecule has 136 valence electrons. The number of amides is 1. The number of carbonyl (C=O) groups is 1. The summed E-state index contributed by atoms with van der Waals surface area (Å²) in [4.78, 5) is 19.2. The Balaban J connectivity index is 1.59. The van der Waals surface area contributed by atoms with Crippen molar-refractivity contribution in [2.24, 2.45) is 7.05 Å². The maximum absolute atomic E-state index is 12.4. The van der Waals surface area contributed by atoms with E-state index in [4.69, 9.17) is 4.74 Å². The molecule has 1 aliphatic rings. The second-order valence-corrected chi connectivity index (χ2v) is 7.02. The van der Waals surface area contributed by atoms with Gasteiger partial charge in [0, 0.05) is 56.9 Å². The van der Waals surface area contributed by atoms with E-state index in [-0.39, 0.29) is 11.9 Å². The van der Waals surface area contributed by atoms with Crippen molar-refractivity contribution in [2.45, 2.75) is 32.2 Å². The Labute approximate surface area is 151 Å². The second-order valence-electron chi connectivity index (χ2n) is 6.29. The first-order valence-corrected chi connectivity index (χ1v) is 9.22. The maximum atomic E-state index is 12.4. The second kappa shape index (κ2) is 7.92. The number of anilines is 1. The lowest BCUT2D eigenvalue weighted by Crippen LogP contribution is -2.48. The molecule has 1 unspecified atom stereocenters. The summed E-state index contributed by atoms with van der Waals surface area (Å²) >= 11 is 1.41. The van der Waals surface area contributed by atoms with Crippen molar-refractivity contribution in [1.29, 1.82) is 0 Å². The van der Waals surface area contributed by atoms with E-state index >= 15 is 0 Å². The number of rotatable bonds is 6. The number of nitrogens with one attached hydrogen (secondary N) is 1. The fourth-order valence-corrected chi connectivity index (χ4v) is 3.61. The van der Waals surface area contributed by atoms with Crippen molar-refractivity contribution < 1.29 is 9.53 Å². The number of aromatic nitrogens is 4. The molecule has 1 atom stereocenters. The van der Waals surface area contributed by atoms with Gasteiger partial charge in [-0.3, -0.25) is 9.48 Å². The SMILES string of the molecule is COCCc1nsc(N2CCCC(NC(=O)c3cc(C)n(C)n3)C2)n1. The van der Waals surface area contributed by atoms with E-state index in [0.717, 1.165) is 49.0 Å². The molecule has 25 heavy (non-hydrogen) atoms. The highest BCUT2D eigenvalue weighted by Crippen LogP contribution is 2.22. The van der Waals surface area contributed by atoms with Gasteiger partial charge in [-0.05, 0) is 25.8 Å². The van der Waals surface area contributed by atoms with Crippen LogP contribution in [0.1, 0.15) is 34.8 Å². The van der Waals surface area contributed by atoms with E-state index in [1.165, 1.54) is 11.5 Å². The summed E-state index contributed by atoms with van der Waals surface area (Å²) in [5.41, 5.74) is 1.43. The third kappa shape index (κ3) is 4.35. The first-order chi connectivity index (χ1) is 12.1. The van der Waals surface area contributed by atoms with E-state index in [1.807, 2.05) is 20.0 Å². The molecule has 0 spiro atoms. The lowest BCUT2D eigenvalue weighted by molar-refractivity contribution is 0.0927. The van der Waals surface area contributed by atoms with Crippen molar-refractivity contribution in [3.05, 3.63) is 23.3 Å². The number of carbonyl (C=O) groups excluding carboxylic acids is 1. The number of ether oxygens (including phenoxy) is 1. The standard InChI is InChI=1S/C16H24N6O2S/c1-11-9-13(19-21(11)2)15(23)17-12-5-4-7-22(10-12)16-18-14(20-25-16)6-8-24-3/h9,12H,4-8,10H2,1-3H3,(H,17,23). The summed E-state index contributed by atoms with van der Waals surface area (Å²) in [6, 6.07) is 1.90. The average Bonchev–Trinajstić information content (AvgIpc) is 3.20. The van der Waals surface area contributed by atoms with Crippen LogP contribution in [0.5, 0.6) is 0 Å². The van der Waals surface area contributed by atoms with E-state index in [2.05, 4.69) is 24.7 Å². The molecule has 2 aromatic rings. The van der Waals surface area contributed by atoms with Crippen LogP contribution in [-0.4, -0.2) is 57.9 Å². The van der Waals surface area contributed by atoms with Crippen LogP contribution in [0, 0.1) is 6.92 Å². The van der Waals surface area contributed by atoms with Gasteiger partial charge in [-0.25, -0.2) is 4.98 Å². The molecule has 3 rings (SSSR count). The molecule has 1 fully saturated rings. The molecule has 0 aliphatic carbocycles. The molecule has 1 saturated heterocycles. The van der Waals surface area contributed by atoms with Gasteiger partial charge in [0.15, 0.2) is 0 Å². The third-order valence-electron chi connectivity index (χ3n) is 4.36. The Bertz CT molecular complexity index is 709. The van der Waals surface area contributed by atoms with Crippen molar-refractivity contribution >= 4 is 22.6 Å². The Morgan fingerprint density at radius 3 is 3.08 bits per heavy atom. The highest BCUT2D eigenvalue weighted by atomic mass is 32.1. The largest absolute Gasteiger partial charge is 0.384 e. The molecular formula is C16H24N6O2S. The number of hydrogen-bond donors (Lipinski definition) is 1. The first kappa shape index (κ1) is 17.8. The van der Waals surface area contributed by atoms with Crippen LogP contribution >= 0.6 is 11.5 Å². The summed E-state index contributed by atoms with van der Waals surface area (Å²) in [5, 5.41) is 8.26. The first-order valence-electron chi connectivity index (χ1n) is 8.45. The molecule has 3 heterocycles. The van der Waals surface area contributed by atoms with Gasteiger partial charge in [-0.15, -0.1) is 0 Å². The zero-order valence-corrected chi connectivity index (χ0v) is 15.7. The molecule has 8 nitrogen and oxygen atoms in total. The van der Waals surface area contributed by atoms with Crippen LogP contribution in [0.15, 0.2) is 6.07 Å². The number of methoxy groups -OCH3 is 1. The van der Waals surface area contributed by atoms with Gasteiger partial charge in [0.05, 0.1) is 6.61 Å². The monoisotopic (exact) mass is 364 g/mol. The van der Waals surface area contributed by atoms with Gasteiger partial charge in [0.1, 0.15) is 11.5 Å². The number of aryl methyl sites for hydroxylation is 2.